The highest BCUT2D eigenvalue weighted by Gasteiger charge is 2.20. The van der Waals surface area contributed by atoms with E-state index < -0.39 is 0 Å². The monoisotopic (exact) mass is 270 g/mol. The molecule has 2 aromatic carbocycles. The Labute approximate surface area is 118 Å². The van der Waals surface area contributed by atoms with Crippen LogP contribution in [-0.2, 0) is 0 Å². The van der Waals surface area contributed by atoms with Crippen molar-refractivity contribution in [2.24, 2.45) is 0 Å². The molecule has 0 aliphatic carbocycles. The summed E-state index contributed by atoms with van der Waals surface area (Å²) in [7, 11) is 1.62. The number of fused-ring (bicyclic) bond motifs is 1. The third-order valence-corrected chi connectivity index (χ3v) is 3.53. The van der Waals surface area contributed by atoms with Crippen LogP contribution in [0.4, 0.5) is 11.4 Å². The lowest BCUT2D eigenvalue weighted by atomic mass is 10.0. The molecule has 1 unspecified atom stereocenters. The first-order valence-corrected chi connectivity index (χ1v) is 6.69. The summed E-state index contributed by atoms with van der Waals surface area (Å²) in [4.78, 5) is 0. The van der Waals surface area contributed by atoms with E-state index in [2.05, 4.69) is 11.4 Å². The number of methoxy groups -OCH3 is 1. The molecule has 3 rings (SSSR count). The number of hydrogen-bond acceptors (Lipinski definition) is 4. The van der Waals surface area contributed by atoms with Gasteiger partial charge in [0, 0.05) is 23.7 Å². The molecular weight excluding hydrogens is 252 g/mol. The first kappa shape index (κ1) is 12.7. The normalized spacial score (nSPS) is 16.9. The Morgan fingerprint density at radius 3 is 2.95 bits per heavy atom. The average Bonchev–Trinajstić information content (AvgIpc) is 2.49. The molecule has 0 amide bonds. The molecule has 0 saturated heterocycles. The second-order valence-electron chi connectivity index (χ2n) is 4.83. The summed E-state index contributed by atoms with van der Waals surface area (Å²) in [6, 6.07) is 14.1. The summed E-state index contributed by atoms with van der Waals surface area (Å²) >= 11 is 0. The van der Waals surface area contributed by atoms with Crippen molar-refractivity contribution < 1.29 is 9.47 Å². The summed E-state index contributed by atoms with van der Waals surface area (Å²) in [6.07, 6.45) is 0.934. The van der Waals surface area contributed by atoms with Crippen molar-refractivity contribution in [3.05, 3.63) is 48.0 Å². The molecule has 0 radical (unpaired) electrons. The van der Waals surface area contributed by atoms with E-state index in [9.17, 15) is 0 Å². The average molecular weight is 270 g/mol. The Morgan fingerprint density at radius 2 is 2.10 bits per heavy atom. The zero-order valence-corrected chi connectivity index (χ0v) is 11.4. The van der Waals surface area contributed by atoms with Gasteiger partial charge in [-0.2, -0.15) is 0 Å². The summed E-state index contributed by atoms with van der Waals surface area (Å²) in [5, 5.41) is 3.52. The lowest BCUT2D eigenvalue weighted by Gasteiger charge is -2.27. The predicted octanol–water partition coefficient (Wildman–Crippen LogP) is 3.21. The fourth-order valence-corrected chi connectivity index (χ4v) is 2.49. The predicted molar refractivity (Wildman–Crippen MR) is 80.3 cm³/mol. The minimum absolute atomic E-state index is 0.244. The zero-order valence-electron chi connectivity index (χ0n) is 11.4. The molecule has 3 N–H and O–H groups in total. The Kier molecular flexibility index (Phi) is 3.37. The van der Waals surface area contributed by atoms with Crippen LogP contribution in [-0.4, -0.2) is 13.7 Å². The smallest absolute Gasteiger partial charge is 0.143 e. The highest BCUT2D eigenvalue weighted by molar-refractivity contribution is 5.62. The number of nitrogens with one attached hydrogen (secondary N) is 1. The lowest BCUT2D eigenvalue weighted by Crippen LogP contribution is -2.20. The van der Waals surface area contributed by atoms with E-state index in [1.165, 1.54) is 5.56 Å². The maximum absolute atomic E-state index is 5.84. The van der Waals surface area contributed by atoms with Crippen molar-refractivity contribution in [1.82, 2.24) is 0 Å². The van der Waals surface area contributed by atoms with E-state index in [0.717, 1.165) is 24.5 Å². The third-order valence-electron chi connectivity index (χ3n) is 3.53. The standard InChI is InChI=1S/C16H18N2O2/c1-19-16-10-11(6-7-13(16)17)18-14-8-9-20-15-5-3-2-4-12(14)15/h2-7,10,14,18H,8-9,17H2,1H3. The molecule has 1 atom stereocenters. The summed E-state index contributed by atoms with van der Waals surface area (Å²) in [5.74, 6) is 1.65. The van der Waals surface area contributed by atoms with Crippen LogP contribution >= 0.6 is 0 Å². The van der Waals surface area contributed by atoms with E-state index >= 15 is 0 Å². The molecule has 4 nitrogen and oxygen atoms in total. The Bertz CT molecular complexity index is 613. The fraction of sp³-hybridized carbons (Fsp3) is 0.250. The molecule has 0 spiro atoms. The van der Waals surface area contributed by atoms with Crippen molar-refractivity contribution in [2.75, 3.05) is 24.8 Å². The minimum Gasteiger partial charge on any atom is -0.495 e. The summed E-state index contributed by atoms with van der Waals surface area (Å²) in [6.45, 7) is 0.723. The number of hydrogen-bond donors (Lipinski definition) is 2. The van der Waals surface area contributed by atoms with Crippen LogP contribution in [0.5, 0.6) is 11.5 Å². The van der Waals surface area contributed by atoms with Crippen LogP contribution in [0.3, 0.4) is 0 Å². The topological polar surface area (TPSA) is 56.5 Å². The van der Waals surface area contributed by atoms with Crippen molar-refractivity contribution in [3.63, 3.8) is 0 Å². The maximum atomic E-state index is 5.84. The van der Waals surface area contributed by atoms with Crippen LogP contribution in [0.1, 0.15) is 18.0 Å². The van der Waals surface area contributed by atoms with Crippen LogP contribution < -0.4 is 20.5 Å². The Morgan fingerprint density at radius 1 is 1.25 bits per heavy atom. The van der Waals surface area contributed by atoms with Gasteiger partial charge in [-0.1, -0.05) is 18.2 Å². The zero-order chi connectivity index (χ0) is 13.9. The van der Waals surface area contributed by atoms with Crippen molar-refractivity contribution >= 4 is 11.4 Å². The Hall–Kier alpha value is -2.36. The van der Waals surface area contributed by atoms with Gasteiger partial charge in [0.2, 0.25) is 0 Å². The van der Waals surface area contributed by atoms with Gasteiger partial charge < -0.3 is 20.5 Å². The number of rotatable bonds is 3. The molecule has 4 heteroatoms. The SMILES string of the molecule is COc1cc(NC2CCOc3ccccc32)ccc1N. The molecule has 0 fully saturated rings. The van der Waals surface area contributed by atoms with Gasteiger partial charge >= 0.3 is 0 Å². The maximum Gasteiger partial charge on any atom is 0.143 e. The van der Waals surface area contributed by atoms with Crippen molar-refractivity contribution in [2.45, 2.75) is 12.5 Å². The van der Waals surface area contributed by atoms with Gasteiger partial charge in [-0.05, 0) is 18.2 Å². The number of nitrogen functional groups attached to an aromatic ring is 1. The second kappa shape index (κ2) is 5.33. The van der Waals surface area contributed by atoms with Crippen LogP contribution in [0.15, 0.2) is 42.5 Å². The van der Waals surface area contributed by atoms with Gasteiger partial charge in [0.1, 0.15) is 11.5 Å². The first-order chi connectivity index (χ1) is 9.78. The highest BCUT2D eigenvalue weighted by Crippen LogP contribution is 2.35. The van der Waals surface area contributed by atoms with Gasteiger partial charge in [-0.3, -0.25) is 0 Å². The van der Waals surface area contributed by atoms with Gasteiger partial charge in [-0.25, -0.2) is 0 Å². The lowest BCUT2D eigenvalue weighted by molar-refractivity contribution is 0.274. The molecule has 0 saturated carbocycles. The first-order valence-electron chi connectivity index (χ1n) is 6.69. The number of benzene rings is 2. The Balaban J connectivity index is 1.85. The summed E-state index contributed by atoms with van der Waals surface area (Å²) in [5.41, 5.74) is 8.67. The minimum atomic E-state index is 0.244. The molecule has 2 aromatic rings. The number of anilines is 2. The number of nitrogens with two attached hydrogens (primary N) is 1. The van der Waals surface area contributed by atoms with E-state index in [-0.39, 0.29) is 6.04 Å². The van der Waals surface area contributed by atoms with Crippen molar-refractivity contribution in [1.29, 1.82) is 0 Å². The van der Waals surface area contributed by atoms with Crippen molar-refractivity contribution in [3.8, 4) is 11.5 Å². The molecule has 1 aliphatic rings. The van der Waals surface area contributed by atoms with Gasteiger partial charge in [0.15, 0.2) is 0 Å². The molecule has 0 bridgehead atoms. The highest BCUT2D eigenvalue weighted by atomic mass is 16.5. The van der Waals surface area contributed by atoms with Gasteiger partial charge in [0.05, 0.1) is 25.4 Å². The van der Waals surface area contributed by atoms with E-state index in [4.69, 9.17) is 15.2 Å². The van der Waals surface area contributed by atoms with Crippen LogP contribution in [0.2, 0.25) is 0 Å². The third kappa shape index (κ3) is 2.37. The van der Waals surface area contributed by atoms with Gasteiger partial charge in [0.25, 0.3) is 0 Å². The molecule has 20 heavy (non-hydrogen) atoms. The molecule has 104 valence electrons. The van der Waals surface area contributed by atoms with E-state index in [0.29, 0.717) is 11.4 Å². The van der Waals surface area contributed by atoms with E-state index in [1.807, 2.05) is 36.4 Å². The quantitative estimate of drug-likeness (QED) is 0.841. The van der Waals surface area contributed by atoms with E-state index in [1.54, 1.807) is 7.11 Å². The molecule has 1 heterocycles. The van der Waals surface area contributed by atoms with Crippen LogP contribution in [0.25, 0.3) is 0 Å². The molecule has 1 aliphatic heterocycles. The largest absolute Gasteiger partial charge is 0.495 e. The number of para-hydroxylation sites is 1. The number of ether oxygens (including phenoxy) is 2. The fourth-order valence-electron chi connectivity index (χ4n) is 2.49. The molecule has 0 aromatic heterocycles. The molecular formula is C16H18N2O2. The van der Waals surface area contributed by atoms with Gasteiger partial charge in [-0.15, -0.1) is 0 Å². The van der Waals surface area contributed by atoms with Crippen LogP contribution in [0, 0.1) is 0 Å². The second-order valence-corrected chi connectivity index (χ2v) is 4.83. The summed E-state index contributed by atoms with van der Waals surface area (Å²) < 4.78 is 10.9.